The summed E-state index contributed by atoms with van der Waals surface area (Å²) in [6.45, 7) is 8.18. The number of nitrogens with zero attached hydrogens (tertiary/aromatic N) is 4. The van der Waals surface area contributed by atoms with E-state index in [4.69, 9.17) is 4.52 Å². The maximum atomic E-state index is 5.11. The van der Waals surface area contributed by atoms with Crippen LogP contribution in [-0.2, 0) is 13.1 Å². The van der Waals surface area contributed by atoms with Crippen LogP contribution in [0.5, 0.6) is 0 Å². The van der Waals surface area contributed by atoms with E-state index in [1.807, 2.05) is 31.5 Å². The molecule has 5 nitrogen and oxygen atoms in total. The number of pyridine rings is 1. The van der Waals surface area contributed by atoms with Gasteiger partial charge in [0.15, 0.2) is 0 Å². The third-order valence-corrected chi connectivity index (χ3v) is 3.82. The zero-order valence-electron chi connectivity index (χ0n) is 11.8. The van der Waals surface area contributed by atoms with Gasteiger partial charge in [-0.2, -0.15) is 0 Å². The van der Waals surface area contributed by atoms with Crippen LogP contribution in [-0.4, -0.2) is 46.1 Å². The van der Waals surface area contributed by atoms with Gasteiger partial charge < -0.3 is 4.52 Å². The molecule has 0 bridgehead atoms. The Hall–Kier alpha value is -1.72. The molecule has 3 heterocycles. The molecule has 2 aromatic rings. The molecule has 106 valence electrons. The Morgan fingerprint density at radius 1 is 1.10 bits per heavy atom. The highest BCUT2D eigenvalue weighted by atomic mass is 16.5. The van der Waals surface area contributed by atoms with Gasteiger partial charge >= 0.3 is 0 Å². The normalized spacial score (nSPS) is 17.4. The number of aromatic nitrogens is 2. The van der Waals surface area contributed by atoms with Gasteiger partial charge in [-0.05, 0) is 19.1 Å². The molecule has 0 aliphatic carbocycles. The molecule has 20 heavy (non-hydrogen) atoms. The van der Waals surface area contributed by atoms with Crippen LogP contribution >= 0.6 is 0 Å². The summed E-state index contributed by atoms with van der Waals surface area (Å²) >= 11 is 0. The Morgan fingerprint density at radius 3 is 2.45 bits per heavy atom. The van der Waals surface area contributed by atoms with Crippen LogP contribution in [0.25, 0.3) is 0 Å². The summed E-state index contributed by atoms with van der Waals surface area (Å²) in [7, 11) is 0. The van der Waals surface area contributed by atoms with Gasteiger partial charge in [0, 0.05) is 51.0 Å². The molecule has 0 spiro atoms. The molecule has 0 amide bonds. The van der Waals surface area contributed by atoms with Crippen LogP contribution < -0.4 is 0 Å². The quantitative estimate of drug-likeness (QED) is 0.847. The van der Waals surface area contributed by atoms with Crippen LogP contribution in [0.1, 0.15) is 17.0 Å². The molecule has 2 aromatic heterocycles. The highest BCUT2D eigenvalue weighted by Crippen LogP contribution is 2.13. The van der Waals surface area contributed by atoms with Crippen molar-refractivity contribution in [1.82, 2.24) is 19.9 Å². The first-order chi connectivity index (χ1) is 9.81. The van der Waals surface area contributed by atoms with Gasteiger partial charge in [0.25, 0.3) is 0 Å². The van der Waals surface area contributed by atoms with Crippen LogP contribution in [0.15, 0.2) is 35.1 Å². The minimum absolute atomic E-state index is 0.931. The smallest absolute Gasteiger partial charge is 0.138 e. The Balaban J connectivity index is 1.49. The molecule has 0 saturated carbocycles. The summed E-state index contributed by atoms with van der Waals surface area (Å²) in [6.07, 6.45) is 3.69. The monoisotopic (exact) mass is 272 g/mol. The predicted octanol–water partition coefficient (Wildman–Crippen LogP) is 1.70. The molecule has 1 saturated heterocycles. The lowest BCUT2D eigenvalue weighted by atomic mass is 10.2. The molecule has 0 atom stereocenters. The van der Waals surface area contributed by atoms with E-state index in [0.29, 0.717) is 0 Å². The van der Waals surface area contributed by atoms with Crippen molar-refractivity contribution in [1.29, 1.82) is 0 Å². The summed E-state index contributed by atoms with van der Waals surface area (Å²) in [6, 6.07) is 6.10. The second-order valence-corrected chi connectivity index (χ2v) is 5.28. The van der Waals surface area contributed by atoms with Crippen molar-refractivity contribution >= 4 is 0 Å². The maximum Gasteiger partial charge on any atom is 0.138 e. The number of hydrogen-bond donors (Lipinski definition) is 0. The summed E-state index contributed by atoms with van der Waals surface area (Å²) in [5.41, 5.74) is 2.35. The Labute approximate surface area is 119 Å². The van der Waals surface area contributed by atoms with Crippen molar-refractivity contribution < 1.29 is 4.52 Å². The first kappa shape index (κ1) is 13.3. The SMILES string of the molecule is Cc1oncc1CN1CCN(Cc2ccccn2)CC1. The Bertz CT molecular complexity index is 532. The molecule has 3 rings (SSSR count). The van der Waals surface area contributed by atoms with Gasteiger partial charge in [0.1, 0.15) is 5.76 Å². The predicted molar refractivity (Wildman–Crippen MR) is 76.0 cm³/mol. The van der Waals surface area contributed by atoms with E-state index in [-0.39, 0.29) is 0 Å². The zero-order chi connectivity index (χ0) is 13.8. The van der Waals surface area contributed by atoms with Gasteiger partial charge in [-0.1, -0.05) is 11.2 Å². The van der Waals surface area contributed by atoms with Gasteiger partial charge in [0.05, 0.1) is 11.9 Å². The van der Waals surface area contributed by atoms with Crippen LogP contribution in [0.4, 0.5) is 0 Å². The van der Waals surface area contributed by atoms with E-state index in [1.165, 1.54) is 5.56 Å². The maximum absolute atomic E-state index is 5.11. The average molecular weight is 272 g/mol. The van der Waals surface area contributed by atoms with E-state index >= 15 is 0 Å². The molecular formula is C15H20N4O. The fraction of sp³-hybridized carbons (Fsp3) is 0.467. The first-order valence-electron chi connectivity index (χ1n) is 7.06. The highest BCUT2D eigenvalue weighted by Gasteiger charge is 2.18. The van der Waals surface area contributed by atoms with E-state index in [1.54, 1.807) is 0 Å². The lowest BCUT2D eigenvalue weighted by molar-refractivity contribution is 0.120. The third-order valence-electron chi connectivity index (χ3n) is 3.82. The van der Waals surface area contributed by atoms with Crippen molar-refractivity contribution in [3.8, 4) is 0 Å². The van der Waals surface area contributed by atoms with Crippen molar-refractivity contribution in [2.75, 3.05) is 26.2 Å². The van der Waals surface area contributed by atoms with Crippen molar-refractivity contribution in [3.05, 3.63) is 47.6 Å². The molecule has 0 aromatic carbocycles. The summed E-state index contributed by atoms with van der Waals surface area (Å²) in [5.74, 6) is 0.931. The number of rotatable bonds is 4. The molecule has 0 radical (unpaired) electrons. The molecule has 0 unspecified atom stereocenters. The lowest BCUT2D eigenvalue weighted by Crippen LogP contribution is -2.45. The van der Waals surface area contributed by atoms with Gasteiger partial charge in [-0.15, -0.1) is 0 Å². The highest BCUT2D eigenvalue weighted by molar-refractivity contribution is 5.11. The van der Waals surface area contributed by atoms with E-state index < -0.39 is 0 Å². The molecule has 0 N–H and O–H groups in total. The minimum atomic E-state index is 0.931. The number of hydrogen-bond acceptors (Lipinski definition) is 5. The standard InChI is InChI=1S/C15H20N4O/c1-13-14(10-17-20-13)11-18-6-8-19(9-7-18)12-15-4-2-3-5-16-15/h2-5,10H,6-9,11-12H2,1H3. The molecule has 5 heteroatoms. The largest absolute Gasteiger partial charge is 0.361 e. The van der Waals surface area contributed by atoms with Crippen LogP contribution in [0.3, 0.4) is 0 Å². The second kappa shape index (κ2) is 6.15. The number of aryl methyl sites for hydroxylation is 1. The minimum Gasteiger partial charge on any atom is -0.361 e. The Kier molecular flexibility index (Phi) is 4.08. The summed E-state index contributed by atoms with van der Waals surface area (Å²) < 4.78 is 5.11. The summed E-state index contributed by atoms with van der Waals surface area (Å²) in [5, 5.41) is 3.84. The zero-order valence-corrected chi connectivity index (χ0v) is 11.8. The van der Waals surface area contributed by atoms with Gasteiger partial charge in [0.2, 0.25) is 0 Å². The second-order valence-electron chi connectivity index (χ2n) is 5.28. The third kappa shape index (κ3) is 3.23. The van der Waals surface area contributed by atoms with Crippen LogP contribution in [0.2, 0.25) is 0 Å². The number of piperazine rings is 1. The van der Waals surface area contributed by atoms with Crippen LogP contribution in [0, 0.1) is 6.92 Å². The molecular weight excluding hydrogens is 252 g/mol. The van der Waals surface area contributed by atoms with Crippen molar-refractivity contribution in [3.63, 3.8) is 0 Å². The van der Waals surface area contributed by atoms with E-state index in [9.17, 15) is 0 Å². The molecule has 1 aliphatic heterocycles. The van der Waals surface area contributed by atoms with E-state index in [2.05, 4.69) is 26.0 Å². The fourth-order valence-electron chi connectivity index (χ4n) is 2.54. The molecule has 1 aliphatic rings. The van der Waals surface area contributed by atoms with Crippen molar-refractivity contribution in [2.45, 2.75) is 20.0 Å². The average Bonchev–Trinajstić information content (AvgIpc) is 2.88. The topological polar surface area (TPSA) is 45.4 Å². The van der Waals surface area contributed by atoms with Gasteiger partial charge in [-0.3, -0.25) is 14.8 Å². The summed E-state index contributed by atoms with van der Waals surface area (Å²) in [4.78, 5) is 9.30. The van der Waals surface area contributed by atoms with E-state index in [0.717, 1.165) is 50.7 Å². The Morgan fingerprint density at radius 2 is 1.85 bits per heavy atom. The lowest BCUT2D eigenvalue weighted by Gasteiger charge is -2.34. The van der Waals surface area contributed by atoms with Crippen molar-refractivity contribution in [2.24, 2.45) is 0 Å². The van der Waals surface area contributed by atoms with Gasteiger partial charge in [-0.25, -0.2) is 0 Å². The molecule has 1 fully saturated rings. The first-order valence-corrected chi connectivity index (χ1v) is 7.06. The fourth-order valence-corrected chi connectivity index (χ4v) is 2.54.